The van der Waals surface area contributed by atoms with Crippen LogP contribution in [0.1, 0.15) is 45.1 Å². The van der Waals surface area contributed by atoms with Crippen molar-refractivity contribution in [1.82, 2.24) is 0 Å². The Morgan fingerprint density at radius 1 is 1.23 bits per heavy atom. The first-order valence-corrected chi connectivity index (χ1v) is 7.82. The predicted molar refractivity (Wildman–Crippen MR) is 81.5 cm³/mol. The average molecular weight is 304 g/mol. The normalized spacial score (nSPS) is 23.6. The number of hydrogen-bond donors (Lipinski definition) is 0. The first kappa shape index (κ1) is 18.1. The molecule has 120 valence electrons. The smallest absolute Gasteiger partial charge is 0.373 e. The Morgan fingerprint density at radius 2 is 1.86 bits per heavy atom. The summed E-state index contributed by atoms with van der Waals surface area (Å²) in [5, 5.41) is 0. The third-order valence-electron chi connectivity index (χ3n) is 4.38. The van der Waals surface area contributed by atoms with Crippen LogP contribution in [0.15, 0.2) is 30.3 Å². The molecule has 4 heteroatoms. The molecular formula is C18H24O4. The van der Waals surface area contributed by atoms with E-state index in [9.17, 15) is 4.79 Å². The van der Waals surface area contributed by atoms with Crippen LogP contribution in [0.5, 0.6) is 0 Å². The van der Waals surface area contributed by atoms with E-state index in [-0.39, 0.29) is 18.0 Å². The Morgan fingerprint density at radius 3 is 2.41 bits per heavy atom. The summed E-state index contributed by atoms with van der Waals surface area (Å²) in [6.45, 7) is 4.84. The summed E-state index contributed by atoms with van der Waals surface area (Å²) in [5.41, 5.74) is 1.06. The third kappa shape index (κ3) is 5.82. The first-order chi connectivity index (χ1) is 10.6. The molecule has 0 saturated heterocycles. The maximum Gasteiger partial charge on any atom is 0.373 e. The lowest BCUT2D eigenvalue weighted by atomic mass is 9.74. The van der Waals surface area contributed by atoms with Gasteiger partial charge in [-0.15, -0.1) is 0 Å². The monoisotopic (exact) mass is 304 g/mol. The highest BCUT2D eigenvalue weighted by atomic mass is 16.5. The van der Waals surface area contributed by atoms with Gasteiger partial charge < -0.3 is 4.74 Å². The maximum absolute atomic E-state index is 12.2. The van der Waals surface area contributed by atoms with Crippen molar-refractivity contribution in [2.45, 2.75) is 46.1 Å². The van der Waals surface area contributed by atoms with E-state index in [4.69, 9.17) is 14.3 Å². The molecule has 1 aliphatic rings. The fourth-order valence-corrected chi connectivity index (χ4v) is 3.06. The van der Waals surface area contributed by atoms with E-state index >= 15 is 0 Å². The lowest BCUT2D eigenvalue weighted by molar-refractivity contribution is -0.191. The number of ether oxygens (including phenoxy) is 1. The van der Waals surface area contributed by atoms with Crippen LogP contribution in [0.2, 0.25) is 0 Å². The fraction of sp³-hybridized carbons (Fsp3) is 0.556. The van der Waals surface area contributed by atoms with Gasteiger partial charge in [-0.2, -0.15) is 9.59 Å². The number of rotatable bonds is 4. The summed E-state index contributed by atoms with van der Waals surface area (Å²) < 4.78 is 5.47. The molecule has 0 amide bonds. The van der Waals surface area contributed by atoms with Crippen molar-refractivity contribution in [2.24, 2.45) is 17.8 Å². The van der Waals surface area contributed by atoms with Crippen LogP contribution < -0.4 is 0 Å². The standard InChI is InChI=1S/C17H24O2.CO2/c1-3-14-9-10-16(13(2)11-14)17(18)19-12-15-7-5-4-6-8-15;2-1-3/h4-8,13-14,16H,3,9-12H2,1-2H3;/t13-,14+,16-;/m0./s1. The molecule has 0 N–H and O–H groups in total. The number of esters is 1. The highest BCUT2D eigenvalue weighted by Gasteiger charge is 2.32. The minimum absolute atomic E-state index is 0.00842. The highest BCUT2D eigenvalue weighted by molar-refractivity contribution is 5.72. The van der Waals surface area contributed by atoms with Crippen molar-refractivity contribution in [2.75, 3.05) is 0 Å². The quantitative estimate of drug-likeness (QED) is 0.797. The molecule has 0 bridgehead atoms. The van der Waals surface area contributed by atoms with Crippen molar-refractivity contribution in [3.05, 3.63) is 35.9 Å². The van der Waals surface area contributed by atoms with E-state index in [2.05, 4.69) is 13.8 Å². The van der Waals surface area contributed by atoms with Gasteiger partial charge in [-0.25, -0.2) is 0 Å². The molecular weight excluding hydrogens is 280 g/mol. The Labute approximate surface area is 131 Å². The van der Waals surface area contributed by atoms with Gasteiger partial charge in [0.25, 0.3) is 0 Å². The molecule has 2 rings (SSSR count). The van der Waals surface area contributed by atoms with E-state index in [1.165, 1.54) is 19.3 Å². The summed E-state index contributed by atoms with van der Waals surface area (Å²) in [6, 6.07) is 9.89. The molecule has 22 heavy (non-hydrogen) atoms. The molecule has 0 spiro atoms. The predicted octanol–water partition coefficient (Wildman–Crippen LogP) is 3.61. The molecule has 1 fully saturated rings. The largest absolute Gasteiger partial charge is 0.461 e. The van der Waals surface area contributed by atoms with Crippen molar-refractivity contribution >= 4 is 12.1 Å². The van der Waals surface area contributed by atoms with Gasteiger partial charge >= 0.3 is 12.1 Å². The minimum atomic E-state index is -0.00842. The number of carbonyl (C=O) groups is 1. The summed E-state index contributed by atoms with van der Waals surface area (Å²) in [7, 11) is 0. The summed E-state index contributed by atoms with van der Waals surface area (Å²) in [5.74, 6) is 1.35. The summed E-state index contributed by atoms with van der Waals surface area (Å²) in [6.07, 6.45) is 4.82. The molecule has 3 atom stereocenters. The number of hydrogen-bond acceptors (Lipinski definition) is 4. The lowest BCUT2D eigenvalue weighted by Crippen LogP contribution is -2.30. The van der Waals surface area contributed by atoms with Gasteiger partial charge in [0.05, 0.1) is 5.92 Å². The van der Waals surface area contributed by atoms with Crippen LogP contribution in [0.3, 0.4) is 0 Å². The Bertz CT molecular complexity index is 477. The zero-order chi connectivity index (χ0) is 16.4. The van der Waals surface area contributed by atoms with Crippen molar-refractivity contribution < 1.29 is 19.1 Å². The van der Waals surface area contributed by atoms with Crippen molar-refractivity contribution in [3.8, 4) is 0 Å². The van der Waals surface area contributed by atoms with Gasteiger partial charge in [-0.05, 0) is 36.7 Å². The maximum atomic E-state index is 12.2. The van der Waals surface area contributed by atoms with Gasteiger partial charge in [0.1, 0.15) is 6.61 Å². The molecule has 1 aliphatic carbocycles. The van der Waals surface area contributed by atoms with E-state index < -0.39 is 0 Å². The molecule has 0 aliphatic heterocycles. The Hall–Kier alpha value is -1.93. The zero-order valence-electron chi connectivity index (χ0n) is 13.3. The average Bonchev–Trinajstić information content (AvgIpc) is 2.54. The van der Waals surface area contributed by atoms with Crippen molar-refractivity contribution in [1.29, 1.82) is 0 Å². The number of carbonyl (C=O) groups excluding carboxylic acids is 3. The molecule has 4 nitrogen and oxygen atoms in total. The molecule has 1 aromatic rings. The van der Waals surface area contributed by atoms with Gasteiger partial charge in [0.2, 0.25) is 0 Å². The van der Waals surface area contributed by atoms with Crippen LogP contribution >= 0.6 is 0 Å². The topological polar surface area (TPSA) is 60.4 Å². The molecule has 1 aromatic carbocycles. The second-order valence-electron chi connectivity index (χ2n) is 5.85. The first-order valence-electron chi connectivity index (χ1n) is 7.82. The van der Waals surface area contributed by atoms with Crippen LogP contribution in [0, 0.1) is 17.8 Å². The highest BCUT2D eigenvalue weighted by Crippen LogP contribution is 2.35. The van der Waals surface area contributed by atoms with Crippen LogP contribution in [0.25, 0.3) is 0 Å². The lowest BCUT2D eigenvalue weighted by Gasteiger charge is -2.32. The van der Waals surface area contributed by atoms with Crippen LogP contribution in [-0.4, -0.2) is 12.1 Å². The second kappa shape index (κ2) is 9.91. The fourth-order valence-electron chi connectivity index (χ4n) is 3.06. The van der Waals surface area contributed by atoms with Gasteiger partial charge in [0, 0.05) is 0 Å². The van der Waals surface area contributed by atoms with E-state index in [1.54, 1.807) is 0 Å². The molecule has 1 saturated carbocycles. The minimum Gasteiger partial charge on any atom is -0.461 e. The molecule has 0 unspecified atom stereocenters. The van der Waals surface area contributed by atoms with Gasteiger partial charge in [0.15, 0.2) is 0 Å². The number of benzene rings is 1. The van der Waals surface area contributed by atoms with Gasteiger partial charge in [-0.3, -0.25) is 4.79 Å². The summed E-state index contributed by atoms with van der Waals surface area (Å²) >= 11 is 0. The van der Waals surface area contributed by atoms with E-state index in [1.807, 2.05) is 30.3 Å². The zero-order valence-corrected chi connectivity index (χ0v) is 13.3. The van der Waals surface area contributed by atoms with Gasteiger partial charge in [-0.1, -0.05) is 50.6 Å². The van der Waals surface area contributed by atoms with Crippen molar-refractivity contribution in [3.63, 3.8) is 0 Å². The van der Waals surface area contributed by atoms with Crippen LogP contribution in [-0.2, 0) is 25.7 Å². The SMILES string of the molecule is CC[C@@H]1CC[C@H](C(=O)OCc2ccccc2)[C@@H](C)C1.O=C=O. The molecule has 0 aromatic heterocycles. The second-order valence-corrected chi connectivity index (χ2v) is 5.85. The Kier molecular flexibility index (Phi) is 8.16. The molecule has 0 radical (unpaired) electrons. The van der Waals surface area contributed by atoms with E-state index in [0.29, 0.717) is 12.5 Å². The summed E-state index contributed by atoms with van der Waals surface area (Å²) in [4.78, 5) is 28.4. The van der Waals surface area contributed by atoms with E-state index in [0.717, 1.165) is 17.9 Å². The molecule has 0 heterocycles. The van der Waals surface area contributed by atoms with Crippen LogP contribution in [0.4, 0.5) is 0 Å². The third-order valence-corrected chi connectivity index (χ3v) is 4.38. The Balaban J connectivity index is 0.000000745.